The van der Waals surface area contributed by atoms with Crippen LogP contribution in [0.3, 0.4) is 0 Å². The molecule has 0 bridgehead atoms. The quantitative estimate of drug-likeness (QED) is 0.149. The topological polar surface area (TPSA) is 72.3 Å². The number of nitriles is 1. The Kier molecular flexibility index (Phi) is 9.89. The molecule has 0 saturated carbocycles. The largest absolute Gasteiger partial charge is 0.309 e. The number of aromatic nitrogens is 5. The smallest absolute Gasteiger partial charge is 0.164 e. The van der Waals surface area contributed by atoms with Gasteiger partial charge in [-0.1, -0.05) is 198 Å². The van der Waals surface area contributed by atoms with E-state index in [1.165, 1.54) is 0 Å². The van der Waals surface area contributed by atoms with Crippen LogP contribution in [0.15, 0.2) is 212 Å². The lowest BCUT2D eigenvalue weighted by Crippen LogP contribution is -2.39. The molecule has 3 heterocycles. The second kappa shape index (κ2) is 16.8. The van der Waals surface area contributed by atoms with Crippen LogP contribution in [0.4, 0.5) is 0 Å². The van der Waals surface area contributed by atoms with Crippen molar-refractivity contribution in [3.8, 4) is 73.9 Å². The molecule has 0 fully saturated rings. The highest BCUT2D eigenvalue weighted by Crippen LogP contribution is 2.42. The Morgan fingerprint density at radius 3 is 1.51 bits per heavy atom. The molecule has 13 aromatic rings. The highest BCUT2D eigenvalue weighted by atomic mass is 15.0. The Balaban J connectivity index is 1.04. The van der Waals surface area contributed by atoms with Gasteiger partial charge in [-0.25, -0.2) is 15.0 Å². The molecule has 0 atom stereocenters. The molecule has 6 radical (unpaired) electrons. The summed E-state index contributed by atoms with van der Waals surface area (Å²) in [6.45, 7) is 0. The fourth-order valence-corrected chi connectivity index (χ4v) is 10.3. The molecule has 0 aliphatic rings. The highest BCUT2D eigenvalue weighted by Gasteiger charge is 2.27. The third kappa shape index (κ3) is 6.79. The summed E-state index contributed by atoms with van der Waals surface area (Å²) in [5.41, 5.74) is 11.8. The van der Waals surface area contributed by atoms with E-state index in [4.69, 9.17) is 38.5 Å². The Labute approximate surface area is 413 Å². The Bertz CT molecular complexity index is 4210. The molecule has 0 spiro atoms. The lowest BCUT2D eigenvalue weighted by molar-refractivity contribution is 1.08. The van der Waals surface area contributed by atoms with Gasteiger partial charge in [0.15, 0.2) is 17.5 Å². The molecule has 0 N–H and O–H groups in total. The van der Waals surface area contributed by atoms with Gasteiger partial charge in [-0.2, -0.15) is 5.26 Å². The fraction of sp³-hybridized carbons (Fsp3) is 0. The van der Waals surface area contributed by atoms with E-state index >= 15 is 0 Å². The lowest BCUT2D eigenvalue weighted by Gasteiger charge is -2.22. The molecule has 3 aromatic heterocycles. The number of rotatable bonds is 7. The molecule has 71 heavy (non-hydrogen) atoms. The summed E-state index contributed by atoms with van der Waals surface area (Å²) < 4.78 is 4.38. The number of nitrogens with zero attached hydrogens (tertiary/aromatic N) is 6. The predicted molar refractivity (Wildman–Crippen MR) is 294 cm³/mol. The van der Waals surface area contributed by atoms with Gasteiger partial charge < -0.3 is 9.13 Å². The monoisotopic (exact) mass is 896 g/mol. The molecule has 0 amide bonds. The maximum atomic E-state index is 11.4. The van der Waals surface area contributed by atoms with Gasteiger partial charge >= 0.3 is 0 Å². The molecular weight excluding hydrogens is 861 g/mol. The maximum Gasteiger partial charge on any atom is 0.164 e. The van der Waals surface area contributed by atoms with Crippen molar-refractivity contribution in [1.82, 2.24) is 24.1 Å². The van der Waals surface area contributed by atoms with Gasteiger partial charge in [-0.3, -0.25) is 0 Å². The van der Waals surface area contributed by atoms with Crippen LogP contribution in [0.5, 0.6) is 0 Å². The normalized spacial score (nSPS) is 11.5. The third-order valence-electron chi connectivity index (χ3n) is 13.7. The fourth-order valence-electron chi connectivity index (χ4n) is 10.3. The molecule has 322 valence electrons. The van der Waals surface area contributed by atoms with Crippen molar-refractivity contribution in [2.75, 3.05) is 0 Å². The maximum absolute atomic E-state index is 11.4. The van der Waals surface area contributed by atoms with Crippen LogP contribution in [-0.4, -0.2) is 47.6 Å². The van der Waals surface area contributed by atoms with E-state index in [1.807, 2.05) is 103 Å². The Hall–Kier alpha value is -9.25. The van der Waals surface area contributed by atoms with Gasteiger partial charge in [0.25, 0.3) is 0 Å². The number of fused-ring (bicyclic) bond motifs is 8. The molecule has 9 heteroatoms. The van der Waals surface area contributed by atoms with Crippen molar-refractivity contribution < 1.29 is 0 Å². The number of benzene rings is 10. The van der Waals surface area contributed by atoms with E-state index in [-0.39, 0.29) is 33.3 Å². The van der Waals surface area contributed by atoms with E-state index in [1.54, 1.807) is 0 Å². The van der Waals surface area contributed by atoms with Gasteiger partial charge in [0.1, 0.15) is 29.6 Å². The number of hydrogen-bond acceptors (Lipinski definition) is 4. The van der Waals surface area contributed by atoms with Crippen molar-refractivity contribution in [1.29, 1.82) is 5.26 Å². The molecular formula is C62H35B3N6. The van der Waals surface area contributed by atoms with Gasteiger partial charge in [-0.05, 0) is 63.4 Å². The lowest BCUT2D eigenvalue weighted by atomic mass is 9.69. The third-order valence-corrected chi connectivity index (χ3v) is 13.7. The van der Waals surface area contributed by atoms with E-state index < -0.39 is 0 Å². The summed E-state index contributed by atoms with van der Waals surface area (Å²) in [6, 6.07) is 74.9. The van der Waals surface area contributed by atoms with E-state index in [0.29, 0.717) is 17.3 Å². The number of hydrogen-bond donors (Lipinski definition) is 0. The summed E-state index contributed by atoms with van der Waals surface area (Å²) in [5, 5.41) is 17.7. The predicted octanol–water partition coefficient (Wildman–Crippen LogP) is 11.8. The summed E-state index contributed by atoms with van der Waals surface area (Å²) >= 11 is 0. The van der Waals surface area contributed by atoms with Crippen LogP contribution in [0.1, 0.15) is 5.56 Å². The first-order valence-electron chi connectivity index (χ1n) is 23.4. The van der Waals surface area contributed by atoms with Crippen LogP contribution in [0.2, 0.25) is 0 Å². The zero-order valence-corrected chi connectivity index (χ0v) is 38.1. The summed E-state index contributed by atoms with van der Waals surface area (Å²) in [4.78, 5) is 15.2. The average Bonchev–Trinajstić information content (AvgIpc) is 3.95. The molecule has 6 nitrogen and oxygen atoms in total. The highest BCUT2D eigenvalue weighted by molar-refractivity contribution is 6.56. The summed E-state index contributed by atoms with van der Waals surface area (Å²) in [7, 11) is 21.9. The molecule has 0 aliphatic carbocycles. The van der Waals surface area contributed by atoms with Crippen molar-refractivity contribution >= 4 is 94.3 Å². The molecule has 0 aliphatic heterocycles. The van der Waals surface area contributed by atoms with E-state index in [9.17, 15) is 5.26 Å². The Morgan fingerprint density at radius 1 is 0.380 bits per heavy atom. The van der Waals surface area contributed by atoms with E-state index in [2.05, 4.69) is 124 Å². The zero-order valence-electron chi connectivity index (χ0n) is 38.1. The van der Waals surface area contributed by atoms with Crippen LogP contribution in [0.25, 0.3) is 122 Å². The van der Waals surface area contributed by atoms with Crippen LogP contribution >= 0.6 is 0 Å². The first kappa shape index (κ1) is 41.9. The van der Waals surface area contributed by atoms with Crippen LogP contribution in [-0.2, 0) is 0 Å². The minimum atomic E-state index is 0.104. The SMILES string of the molecule is [B]c1c([B])c(-n2c3ccccc3c3ccc4c(c5ccccc5n4-c4ccc5ccccc5c4)c32)c(C#N)c([B])c1-c1nc(-c2ccc(-c3ccccc3)cc2)nc(-c2ccc(-c3ccccc3)cc2)n1. The van der Waals surface area contributed by atoms with Crippen molar-refractivity contribution in [2.45, 2.75) is 0 Å². The standard InChI is InChI=1S/C62H35B3N6/c63-55-49(36-66)59(71-50-21-11-9-19-46(50)47-33-34-52-53(58(47)71)48-20-10-12-22-51(48)70(52)45-32-31-39-17-7-8-18-44(39)35-45)57(65)56(64)54(55)62-68-60(42-27-23-40(24-28-42)37-13-3-1-4-14-37)67-61(69-62)43-29-25-41(26-30-43)38-15-5-2-6-16-38/h1-35H. The van der Waals surface area contributed by atoms with Gasteiger partial charge in [0.2, 0.25) is 0 Å². The van der Waals surface area contributed by atoms with Gasteiger partial charge in [-0.15, -0.1) is 0 Å². The van der Waals surface area contributed by atoms with Crippen LogP contribution < -0.4 is 16.4 Å². The van der Waals surface area contributed by atoms with Gasteiger partial charge in [0, 0.05) is 43.9 Å². The first-order valence-corrected chi connectivity index (χ1v) is 23.4. The zero-order chi connectivity index (χ0) is 47.7. The molecule has 0 unspecified atom stereocenters. The van der Waals surface area contributed by atoms with Crippen LogP contribution in [0, 0.1) is 11.3 Å². The van der Waals surface area contributed by atoms with Crippen molar-refractivity contribution in [3.05, 3.63) is 218 Å². The Morgan fingerprint density at radius 2 is 0.887 bits per heavy atom. The van der Waals surface area contributed by atoms with Crippen molar-refractivity contribution in [3.63, 3.8) is 0 Å². The summed E-state index contributed by atoms with van der Waals surface area (Å²) in [5.74, 6) is 1.01. The van der Waals surface area contributed by atoms with E-state index in [0.717, 1.165) is 93.5 Å². The van der Waals surface area contributed by atoms with Crippen molar-refractivity contribution in [2.24, 2.45) is 0 Å². The summed E-state index contributed by atoms with van der Waals surface area (Å²) in [6.07, 6.45) is 0. The molecule has 0 saturated heterocycles. The second-order valence-corrected chi connectivity index (χ2v) is 17.7. The first-order chi connectivity index (χ1) is 34.9. The van der Waals surface area contributed by atoms with Gasteiger partial charge in [0.05, 0.1) is 33.3 Å². The number of para-hydroxylation sites is 2. The average molecular weight is 896 g/mol. The minimum Gasteiger partial charge on any atom is -0.309 e. The minimum absolute atomic E-state index is 0.104. The second-order valence-electron chi connectivity index (χ2n) is 17.7. The molecule has 13 rings (SSSR count). The molecule has 10 aromatic carbocycles.